The van der Waals surface area contributed by atoms with Crippen LogP contribution in [0.1, 0.15) is 10.4 Å². The van der Waals surface area contributed by atoms with E-state index in [2.05, 4.69) is 18.8 Å². The van der Waals surface area contributed by atoms with E-state index in [9.17, 15) is 13.2 Å². The van der Waals surface area contributed by atoms with Crippen molar-refractivity contribution in [2.75, 3.05) is 34.4 Å². The largest absolute Gasteiger partial charge is 0.493 e. The van der Waals surface area contributed by atoms with E-state index in [0.717, 1.165) is 11.7 Å². The number of nitrogens with one attached hydrogen (secondary N) is 2. The third kappa shape index (κ3) is 4.45. The number of hydrogen-bond acceptors (Lipinski definition) is 9. The van der Waals surface area contributed by atoms with Crippen LogP contribution in [0.4, 0.5) is 0 Å². The summed E-state index contributed by atoms with van der Waals surface area (Å²) in [5, 5.41) is 2.65. The van der Waals surface area contributed by atoms with Gasteiger partial charge in [0.2, 0.25) is 15.8 Å². The molecule has 2 aromatic carbocycles. The normalized spacial score (nSPS) is 11.3. The molecule has 0 unspecified atom stereocenters. The average molecular weight is 453 g/mol. The Morgan fingerprint density at radius 1 is 1.03 bits per heavy atom. The van der Waals surface area contributed by atoms with Crippen molar-refractivity contribution in [2.24, 2.45) is 0 Å². The molecule has 0 saturated heterocycles. The first-order chi connectivity index (χ1) is 14.4. The summed E-state index contributed by atoms with van der Waals surface area (Å²) in [4.78, 5) is 12.5. The maximum Gasteiger partial charge on any atom is 0.251 e. The van der Waals surface area contributed by atoms with Crippen molar-refractivity contribution in [3.63, 3.8) is 0 Å². The maximum atomic E-state index is 12.6. The first-order valence-corrected chi connectivity index (χ1v) is 10.9. The van der Waals surface area contributed by atoms with Crippen LogP contribution in [-0.4, -0.2) is 57.5 Å². The van der Waals surface area contributed by atoms with Gasteiger partial charge >= 0.3 is 0 Å². The number of aromatic nitrogens is 2. The van der Waals surface area contributed by atoms with Crippen LogP contribution < -0.4 is 24.2 Å². The van der Waals surface area contributed by atoms with Gasteiger partial charge in [0.05, 0.1) is 33.1 Å². The minimum Gasteiger partial charge on any atom is -0.493 e. The van der Waals surface area contributed by atoms with Gasteiger partial charge in [-0.3, -0.25) is 4.79 Å². The molecule has 1 aromatic heterocycles. The van der Waals surface area contributed by atoms with Crippen LogP contribution in [0.15, 0.2) is 35.2 Å². The smallest absolute Gasteiger partial charge is 0.251 e. The summed E-state index contributed by atoms with van der Waals surface area (Å²) in [7, 11) is 0.564. The zero-order valence-corrected chi connectivity index (χ0v) is 18.1. The van der Waals surface area contributed by atoms with Crippen LogP contribution in [0, 0.1) is 0 Å². The van der Waals surface area contributed by atoms with E-state index in [1.807, 2.05) is 0 Å². The summed E-state index contributed by atoms with van der Waals surface area (Å²) < 4.78 is 51.3. The Hall–Kier alpha value is -2.96. The summed E-state index contributed by atoms with van der Waals surface area (Å²) in [5.74, 6) is 0.634. The molecule has 0 fully saturated rings. The third-order valence-electron chi connectivity index (χ3n) is 4.17. The molecule has 0 aliphatic carbocycles. The molecule has 0 bridgehead atoms. The zero-order chi connectivity index (χ0) is 21.7. The van der Waals surface area contributed by atoms with Gasteiger partial charge in [-0.25, -0.2) is 13.1 Å². The van der Waals surface area contributed by atoms with Gasteiger partial charge in [0, 0.05) is 18.7 Å². The first-order valence-electron chi connectivity index (χ1n) is 8.70. The molecule has 1 amide bonds. The third-order valence-corrected chi connectivity index (χ3v) is 6.20. The molecule has 0 aliphatic heterocycles. The summed E-state index contributed by atoms with van der Waals surface area (Å²) >= 11 is 0.943. The fourth-order valence-corrected chi connectivity index (χ4v) is 4.55. The molecule has 0 aliphatic rings. The van der Waals surface area contributed by atoms with Gasteiger partial charge < -0.3 is 19.5 Å². The number of ether oxygens (including phenoxy) is 3. The minimum absolute atomic E-state index is 0.00749. The monoisotopic (exact) mass is 452 g/mol. The highest BCUT2D eigenvalue weighted by Crippen LogP contribution is 2.38. The van der Waals surface area contributed by atoms with Crippen LogP contribution in [0.3, 0.4) is 0 Å². The van der Waals surface area contributed by atoms with Crippen molar-refractivity contribution < 1.29 is 27.4 Å². The van der Waals surface area contributed by atoms with Crippen LogP contribution in [-0.2, 0) is 10.0 Å². The van der Waals surface area contributed by atoms with Crippen LogP contribution in [0.25, 0.3) is 11.0 Å². The van der Waals surface area contributed by atoms with Crippen LogP contribution in [0.2, 0.25) is 0 Å². The van der Waals surface area contributed by atoms with Crippen molar-refractivity contribution in [3.05, 3.63) is 35.9 Å². The number of carbonyl (C=O) groups excluding carboxylic acids is 1. The number of sulfonamides is 1. The molecule has 0 radical (unpaired) electrons. The highest BCUT2D eigenvalue weighted by molar-refractivity contribution is 7.89. The average Bonchev–Trinajstić information content (AvgIpc) is 3.24. The Labute approximate surface area is 177 Å². The lowest BCUT2D eigenvalue weighted by Gasteiger charge is -2.14. The highest BCUT2D eigenvalue weighted by atomic mass is 32.2. The molecule has 10 nitrogen and oxygen atoms in total. The van der Waals surface area contributed by atoms with E-state index in [0.29, 0.717) is 28.3 Å². The lowest BCUT2D eigenvalue weighted by molar-refractivity contribution is 0.0953. The molecular weight excluding hydrogens is 432 g/mol. The van der Waals surface area contributed by atoms with Crippen molar-refractivity contribution in [3.8, 4) is 17.2 Å². The number of fused-ring (bicyclic) bond motifs is 1. The Morgan fingerprint density at radius 2 is 1.73 bits per heavy atom. The number of rotatable bonds is 9. The molecule has 3 aromatic rings. The SMILES string of the molecule is COc1cc(C(=O)NCCNS(=O)(=O)c2cccc3nsnc23)cc(OC)c1OC. The molecule has 0 atom stereocenters. The number of methoxy groups -OCH3 is 3. The number of benzene rings is 2. The standard InChI is InChI=1S/C18H20N4O6S2/c1-26-13-9-11(10-14(27-2)17(13)28-3)18(23)19-7-8-20-30(24,25)15-6-4-5-12-16(15)22-29-21-12/h4-6,9-10,20H,7-8H2,1-3H3,(H,19,23). The van der Waals surface area contributed by atoms with E-state index in [1.165, 1.54) is 39.5 Å². The molecule has 2 N–H and O–H groups in total. The molecule has 3 rings (SSSR count). The molecule has 30 heavy (non-hydrogen) atoms. The predicted octanol–water partition coefficient (Wildman–Crippen LogP) is 1.43. The lowest BCUT2D eigenvalue weighted by atomic mass is 10.1. The Kier molecular flexibility index (Phi) is 6.70. The van der Waals surface area contributed by atoms with Gasteiger partial charge in [-0.05, 0) is 24.3 Å². The fraction of sp³-hybridized carbons (Fsp3) is 0.278. The number of nitrogens with zero attached hydrogens (tertiary/aromatic N) is 2. The van der Waals surface area contributed by atoms with Crippen molar-refractivity contribution >= 4 is 38.7 Å². The Morgan fingerprint density at radius 3 is 2.37 bits per heavy atom. The van der Waals surface area contributed by atoms with Gasteiger partial charge in [-0.2, -0.15) is 8.75 Å². The molecule has 0 spiro atoms. The second kappa shape index (κ2) is 9.24. The van der Waals surface area contributed by atoms with Crippen molar-refractivity contribution in [2.45, 2.75) is 4.90 Å². The van der Waals surface area contributed by atoms with E-state index >= 15 is 0 Å². The molecule has 1 heterocycles. The first kappa shape index (κ1) is 21.7. The quantitative estimate of drug-likeness (QED) is 0.467. The lowest BCUT2D eigenvalue weighted by Crippen LogP contribution is -2.34. The molecule has 0 saturated carbocycles. The van der Waals surface area contributed by atoms with Crippen LogP contribution >= 0.6 is 11.7 Å². The Bertz CT molecular complexity index is 1140. The second-order valence-corrected chi connectivity index (χ2v) is 8.22. The molecule has 160 valence electrons. The summed E-state index contributed by atoms with van der Waals surface area (Å²) in [5.41, 5.74) is 1.11. The highest BCUT2D eigenvalue weighted by Gasteiger charge is 2.20. The maximum absolute atomic E-state index is 12.6. The Balaban J connectivity index is 1.64. The topological polar surface area (TPSA) is 129 Å². The summed E-state index contributed by atoms with van der Waals surface area (Å²) in [6, 6.07) is 7.77. The number of carbonyl (C=O) groups is 1. The second-order valence-electron chi connectivity index (χ2n) is 5.96. The van der Waals surface area contributed by atoms with E-state index in [4.69, 9.17) is 14.2 Å². The summed E-state index contributed by atoms with van der Waals surface area (Å²) in [6.07, 6.45) is 0. The van der Waals surface area contributed by atoms with Crippen LogP contribution in [0.5, 0.6) is 17.2 Å². The van der Waals surface area contributed by atoms with Gasteiger partial charge in [0.15, 0.2) is 11.5 Å². The van der Waals surface area contributed by atoms with Gasteiger partial charge in [-0.1, -0.05) is 6.07 Å². The zero-order valence-electron chi connectivity index (χ0n) is 16.5. The predicted molar refractivity (Wildman–Crippen MR) is 111 cm³/mol. The van der Waals surface area contributed by atoms with Gasteiger partial charge in [0.1, 0.15) is 15.9 Å². The number of amides is 1. The van der Waals surface area contributed by atoms with E-state index < -0.39 is 15.9 Å². The molecular formula is C18H20N4O6S2. The minimum atomic E-state index is -3.80. The van der Waals surface area contributed by atoms with Gasteiger partial charge in [0.25, 0.3) is 5.91 Å². The fourth-order valence-electron chi connectivity index (χ4n) is 2.75. The summed E-state index contributed by atoms with van der Waals surface area (Å²) in [6.45, 7) is 0.0620. The van der Waals surface area contributed by atoms with Gasteiger partial charge in [-0.15, -0.1) is 0 Å². The van der Waals surface area contributed by atoms with E-state index in [-0.39, 0.29) is 23.5 Å². The number of hydrogen-bond donors (Lipinski definition) is 2. The van der Waals surface area contributed by atoms with Crippen molar-refractivity contribution in [1.82, 2.24) is 18.8 Å². The molecule has 12 heteroatoms. The van der Waals surface area contributed by atoms with E-state index in [1.54, 1.807) is 12.1 Å². The van der Waals surface area contributed by atoms with Crippen molar-refractivity contribution in [1.29, 1.82) is 0 Å².